The molecular weight excluding hydrogens is 310 g/mol. The molecule has 1 aromatic heterocycles. The fourth-order valence-corrected chi connectivity index (χ4v) is 3.74. The van der Waals surface area contributed by atoms with E-state index in [1.165, 1.54) is 22.1 Å². The van der Waals surface area contributed by atoms with Gasteiger partial charge in [-0.2, -0.15) is 0 Å². The molecule has 0 spiro atoms. The van der Waals surface area contributed by atoms with Gasteiger partial charge in [0.1, 0.15) is 17.2 Å². The summed E-state index contributed by atoms with van der Waals surface area (Å²) in [5.41, 5.74) is 4.72. The Balaban J connectivity index is 1.77. The quantitative estimate of drug-likeness (QED) is 0.467. The number of nitrogens with one attached hydrogen (secondary N) is 1. The molecule has 0 fully saturated rings. The van der Waals surface area contributed by atoms with Crippen molar-refractivity contribution in [2.45, 2.75) is 5.92 Å². The largest absolute Gasteiger partial charge is 0.497 e. The molecule has 3 aromatic carbocycles. The van der Waals surface area contributed by atoms with Gasteiger partial charge in [0.25, 0.3) is 0 Å². The number of aromatic amines is 1. The molecule has 5 rings (SSSR count). The van der Waals surface area contributed by atoms with Crippen molar-refractivity contribution in [2.75, 3.05) is 7.11 Å². The zero-order valence-electron chi connectivity index (χ0n) is 13.8. The van der Waals surface area contributed by atoms with E-state index in [2.05, 4.69) is 41.5 Å². The first-order valence-electron chi connectivity index (χ1n) is 8.36. The van der Waals surface area contributed by atoms with E-state index < -0.39 is 0 Å². The van der Waals surface area contributed by atoms with E-state index >= 15 is 0 Å². The van der Waals surface area contributed by atoms with Gasteiger partial charge in [-0.25, -0.2) is 0 Å². The Labute approximate surface area is 145 Å². The topological polar surface area (TPSA) is 34.2 Å². The summed E-state index contributed by atoms with van der Waals surface area (Å²) in [4.78, 5) is 3.40. The van der Waals surface area contributed by atoms with Crippen molar-refractivity contribution in [3.63, 3.8) is 0 Å². The molecule has 1 aliphatic heterocycles. The smallest absolute Gasteiger partial charge is 0.131 e. The number of aromatic nitrogens is 1. The minimum Gasteiger partial charge on any atom is -0.497 e. The Morgan fingerprint density at radius 3 is 2.20 bits per heavy atom. The zero-order valence-corrected chi connectivity index (χ0v) is 13.8. The van der Waals surface area contributed by atoms with Crippen LogP contribution in [0.25, 0.3) is 10.9 Å². The number of para-hydroxylation sites is 2. The summed E-state index contributed by atoms with van der Waals surface area (Å²) in [6.07, 6.45) is 2.10. The van der Waals surface area contributed by atoms with Gasteiger partial charge in [-0.3, -0.25) is 0 Å². The van der Waals surface area contributed by atoms with E-state index in [1.54, 1.807) is 7.11 Å². The summed E-state index contributed by atoms with van der Waals surface area (Å²) in [7, 11) is 1.69. The van der Waals surface area contributed by atoms with Crippen LogP contribution in [-0.4, -0.2) is 12.1 Å². The SMILES string of the molecule is COc1ccc2c(C3c4ccccc4Oc4ccccc43)c[nH]c2c1. The molecule has 2 heterocycles. The van der Waals surface area contributed by atoms with Crippen molar-refractivity contribution >= 4 is 10.9 Å². The van der Waals surface area contributed by atoms with Crippen molar-refractivity contribution < 1.29 is 9.47 Å². The van der Waals surface area contributed by atoms with Crippen molar-refractivity contribution in [1.29, 1.82) is 0 Å². The summed E-state index contributed by atoms with van der Waals surface area (Å²) in [6.45, 7) is 0. The van der Waals surface area contributed by atoms with Crippen LogP contribution < -0.4 is 9.47 Å². The van der Waals surface area contributed by atoms with Gasteiger partial charge in [-0.15, -0.1) is 0 Å². The van der Waals surface area contributed by atoms with Crippen LogP contribution in [0.2, 0.25) is 0 Å². The van der Waals surface area contributed by atoms with E-state index in [0.717, 1.165) is 22.8 Å². The van der Waals surface area contributed by atoms with E-state index in [-0.39, 0.29) is 5.92 Å². The minimum atomic E-state index is 0.142. The number of benzene rings is 3. The Kier molecular flexibility index (Phi) is 3.07. The normalized spacial score (nSPS) is 13.2. The van der Waals surface area contributed by atoms with E-state index in [0.29, 0.717) is 0 Å². The number of rotatable bonds is 2. The van der Waals surface area contributed by atoms with Gasteiger partial charge in [-0.05, 0) is 29.8 Å². The van der Waals surface area contributed by atoms with Crippen LogP contribution in [0.1, 0.15) is 22.6 Å². The van der Waals surface area contributed by atoms with Crippen LogP contribution in [-0.2, 0) is 0 Å². The molecule has 25 heavy (non-hydrogen) atoms. The number of hydrogen-bond acceptors (Lipinski definition) is 2. The maximum absolute atomic E-state index is 6.12. The van der Waals surface area contributed by atoms with Gasteiger partial charge in [0.2, 0.25) is 0 Å². The zero-order chi connectivity index (χ0) is 16.8. The average molecular weight is 327 g/mol. The van der Waals surface area contributed by atoms with E-state index in [1.807, 2.05) is 36.4 Å². The Morgan fingerprint density at radius 1 is 0.840 bits per heavy atom. The van der Waals surface area contributed by atoms with E-state index in [4.69, 9.17) is 9.47 Å². The summed E-state index contributed by atoms with van der Waals surface area (Å²) in [5.74, 6) is 2.85. The summed E-state index contributed by atoms with van der Waals surface area (Å²) >= 11 is 0. The molecule has 0 amide bonds. The monoisotopic (exact) mass is 327 g/mol. The number of fused-ring (bicyclic) bond motifs is 3. The second kappa shape index (κ2) is 5.42. The van der Waals surface area contributed by atoms with Crippen LogP contribution in [0, 0.1) is 0 Å². The molecule has 1 N–H and O–H groups in total. The maximum Gasteiger partial charge on any atom is 0.131 e. The molecule has 0 unspecified atom stereocenters. The number of methoxy groups -OCH3 is 1. The van der Waals surface area contributed by atoms with Crippen LogP contribution in [0.5, 0.6) is 17.2 Å². The minimum absolute atomic E-state index is 0.142. The van der Waals surface area contributed by atoms with Gasteiger partial charge in [-0.1, -0.05) is 36.4 Å². The lowest BCUT2D eigenvalue weighted by molar-refractivity contribution is 0.415. The highest BCUT2D eigenvalue weighted by molar-refractivity contribution is 5.86. The number of hydrogen-bond donors (Lipinski definition) is 1. The highest BCUT2D eigenvalue weighted by Crippen LogP contribution is 2.48. The molecular formula is C22H17NO2. The highest BCUT2D eigenvalue weighted by atomic mass is 16.5. The third kappa shape index (κ3) is 2.13. The first-order chi connectivity index (χ1) is 12.3. The Morgan fingerprint density at radius 2 is 1.52 bits per heavy atom. The lowest BCUT2D eigenvalue weighted by Crippen LogP contribution is -2.11. The van der Waals surface area contributed by atoms with Crippen LogP contribution >= 0.6 is 0 Å². The number of H-pyrrole nitrogens is 1. The molecule has 122 valence electrons. The second-order valence-corrected chi connectivity index (χ2v) is 6.27. The van der Waals surface area contributed by atoms with Gasteiger partial charge < -0.3 is 14.5 Å². The predicted octanol–water partition coefficient (Wildman–Crippen LogP) is 5.46. The summed E-state index contributed by atoms with van der Waals surface area (Å²) < 4.78 is 11.5. The van der Waals surface area contributed by atoms with Crippen molar-refractivity contribution in [3.8, 4) is 17.2 Å². The fraction of sp³-hybridized carbons (Fsp3) is 0.0909. The second-order valence-electron chi connectivity index (χ2n) is 6.27. The molecule has 4 aromatic rings. The molecule has 3 heteroatoms. The molecule has 1 aliphatic rings. The van der Waals surface area contributed by atoms with E-state index in [9.17, 15) is 0 Å². The fourth-order valence-electron chi connectivity index (χ4n) is 3.74. The molecule has 0 aliphatic carbocycles. The first-order valence-corrected chi connectivity index (χ1v) is 8.36. The average Bonchev–Trinajstić information content (AvgIpc) is 3.08. The van der Waals surface area contributed by atoms with Gasteiger partial charge in [0.15, 0.2) is 0 Å². The van der Waals surface area contributed by atoms with Gasteiger partial charge >= 0.3 is 0 Å². The number of ether oxygens (including phenoxy) is 2. The molecule has 0 radical (unpaired) electrons. The highest BCUT2D eigenvalue weighted by Gasteiger charge is 2.29. The van der Waals surface area contributed by atoms with Crippen molar-refractivity contribution in [1.82, 2.24) is 4.98 Å². The van der Waals surface area contributed by atoms with Crippen LogP contribution in [0.4, 0.5) is 0 Å². The Hall–Kier alpha value is -3.20. The third-order valence-electron chi connectivity index (χ3n) is 4.91. The van der Waals surface area contributed by atoms with Crippen molar-refractivity contribution in [3.05, 3.63) is 89.6 Å². The van der Waals surface area contributed by atoms with Crippen LogP contribution in [0.15, 0.2) is 72.9 Å². The summed E-state index contributed by atoms with van der Waals surface area (Å²) in [6, 6.07) is 22.7. The molecule has 0 saturated carbocycles. The Bertz CT molecular complexity index is 1030. The third-order valence-corrected chi connectivity index (χ3v) is 4.91. The van der Waals surface area contributed by atoms with Crippen molar-refractivity contribution in [2.24, 2.45) is 0 Å². The molecule has 0 saturated heterocycles. The molecule has 0 bridgehead atoms. The van der Waals surface area contributed by atoms with Gasteiger partial charge in [0.05, 0.1) is 7.11 Å². The first kappa shape index (κ1) is 14.2. The predicted molar refractivity (Wildman–Crippen MR) is 98.8 cm³/mol. The standard InChI is InChI=1S/C22H17NO2/c1-24-14-10-11-15-18(13-23-19(15)12-14)22-16-6-2-4-8-20(16)25-21-9-5-3-7-17(21)22/h2-13,22-23H,1H3. The maximum atomic E-state index is 6.12. The lowest BCUT2D eigenvalue weighted by Gasteiger charge is -2.28. The molecule has 3 nitrogen and oxygen atoms in total. The summed E-state index contributed by atoms with van der Waals surface area (Å²) in [5, 5.41) is 1.21. The molecule has 0 atom stereocenters. The lowest BCUT2D eigenvalue weighted by atomic mass is 9.82. The van der Waals surface area contributed by atoms with Crippen LogP contribution in [0.3, 0.4) is 0 Å². The van der Waals surface area contributed by atoms with Gasteiger partial charge in [0, 0.05) is 40.2 Å².